The summed E-state index contributed by atoms with van der Waals surface area (Å²) in [5.74, 6) is 1.07. The molecule has 2 atom stereocenters. The molecule has 1 aromatic heterocycles. The number of amides is 1. The maximum atomic E-state index is 12.7. The quantitative estimate of drug-likeness (QED) is 0.805. The van der Waals surface area contributed by atoms with Gasteiger partial charge in [-0.15, -0.1) is 0 Å². The van der Waals surface area contributed by atoms with E-state index in [0.29, 0.717) is 5.95 Å². The molecule has 2 heterocycles. The van der Waals surface area contributed by atoms with Crippen LogP contribution < -0.4 is 10.1 Å². The Bertz CT molecular complexity index is 873. The second-order valence-corrected chi connectivity index (χ2v) is 5.81. The van der Waals surface area contributed by atoms with Crippen LogP contribution in [0.3, 0.4) is 0 Å². The minimum Gasteiger partial charge on any atom is -0.480 e. The molecule has 2 unspecified atom stereocenters. The number of carbonyl (C=O) groups excluding carboxylic acids is 1. The van der Waals surface area contributed by atoms with Crippen LogP contribution in [0, 0.1) is 0 Å². The molecular weight excluding hydrogens is 302 g/mol. The van der Waals surface area contributed by atoms with E-state index >= 15 is 0 Å². The number of nitrogens with one attached hydrogen (secondary N) is 1. The number of anilines is 1. The Hall–Kier alpha value is -3.08. The third kappa shape index (κ3) is 2.44. The zero-order chi connectivity index (χ0) is 16.5. The number of fused-ring (bicyclic) bond motifs is 1. The molecule has 0 aliphatic carbocycles. The topological polar surface area (TPSA) is 56.1 Å². The monoisotopic (exact) mass is 319 g/mol. The average molecular weight is 319 g/mol. The van der Waals surface area contributed by atoms with Crippen molar-refractivity contribution in [3.63, 3.8) is 0 Å². The highest BCUT2D eigenvalue weighted by Crippen LogP contribution is 2.37. The Balaban J connectivity index is 1.56. The van der Waals surface area contributed by atoms with Gasteiger partial charge in [0.2, 0.25) is 5.95 Å². The first kappa shape index (κ1) is 14.5. The summed E-state index contributed by atoms with van der Waals surface area (Å²) in [5, 5.41) is 2.88. The lowest BCUT2D eigenvalue weighted by Crippen LogP contribution is -2.34. The molecule has 0 saturated carbocycles. The number of hydrogen-bond acceptors (Lipinski definition) is 3. The molecule has 5 heteroatoms. The highest BCUT2D eigenvalue weighted by atomic mass is 16.5. The summed E-state index contributed by atoms with van der Waals surface area (Å²) < 4.78 is 7.66. The molecule has 1 amide bonds. The van der Waals surface area contributed by atoms with Gasteiger partial charge in [0.25, 0.3) is 5.91 Å². The van der Waals surface area contributed by atoms with E-state index in [1.165, 1.54) is 0 Å². The lowest BCUT2D eigenvalue weighted by Gasteiger charge is -2.15. The van der Waals surface area contributed by atoms with E-state index in [0.717, 1.165) is 17.0 Å². The third-order valence-electron chi connectivity index (χ3n) is 4.29. The predicted octanol–water partition coefficient (Wildman–Crippen LogP) is 3.38. The summed E-state index contributed by atoms with van der Waals surface area (Å²) in [6.07, 6.45) is 2.93. The first-order valence-corrected chi connectivity index (χ1v) is 7.89. The smallest absolute Gasteiger partial charge is 0.268 e. The number of ether oxygens (including phenoxy) is 1. The molecule has 0 saturated heterocycles. The van der Waals surface area contributed by atoms with Gasteiger partial charge in [-0.2, -0.15) is 0 Å². The molecule has 1 aliphatic rings. The molecule has 0 fully saturated rings. The van der Waals surface area contributed by atoms with Gasteiger partial charge in [-0.1, -0.05) is 43.3 Å². The number of aromatic nitrogens is 2. The van der Waals surface area contributed by atoms with Gasteiger partial charge < -0.3 is 4.74 Å². The van der Waals surface area contributed by atoms with E-state index in [-0.39, 0.29) is 11.8 Å². The van der Waals surface area contributed by atoms with Crippen LogP contribution in [0.25, 0.3) is 5.69 Å². The maximum absolute atomic E-state index is 12.7. The Labute approximate surface area is 139 Å². The zero-order valence-electron chi connectivity index (χ0n) is 13.2. The maximum Gasteiger partial charge on any atom is 0.268 e. The molecular formula is C19H17N3O2. The van der Waals surface area contributed by atoms with Crippen molar-refractivity contribution in [2.24, 2.45) is 0 Å². The van der Waals surface area contributed by atoms with Crippen molar-refractivity contribution in [2.45, 2.75) is 18.9 Å². The molecule has 0 spiro atoms. The SMILES string of the molecule is CC1c2ccccc2OC1C(=O)Nc1nccn1-c1ccccc1. The number of carbonyl (C=O) groups is 1. The van der Waals surface area contributed by atoms with Crippen molar-refractivity contribution in [3.05, 3.63) is 72.6 Å². The fraction of sp³-hybridized carbons (Fsp3) is 0.158. The fourth-order valence-electron chi connectivity index (χ4n) is 3.02. The first-order chi connectivity index (χ1) is 11.7. The molecule has 0 bridgehead atoms. The summed E-state index contributed by atoms with van der Waals surface area (Å²) in [6, 6.07) is 17.5. The van der Waals surface area contributed by atoms with Crippen LogP contribution in [0.5, 0.6) is 5.75 Å². The Morgan fingerprint density at radius 1 is 1.12 bits per heavy atom. The van der Waals surface area contributed by atoms with Crippen molar-refractivity contribution >= 4 is 11.9 Å². The number of rotatable bonds is 3. The second-order valence-electron chi connectivity index (χ2n) is 5.81. The highest BCUT2D eigenvalue weighted by Gasteiger charge is 2.36. The standard InChI is InChI=1S/C19H17N3O2/c1-13-15-9-5-6-10-16(15)24-17(13)18(23)21-19-20-11-12-22(19)14-7-3-2-4-8-14/h2-13,17H,1H3,(H,20,21,23). The van der Waals surface area contributed by atoms with Gasteiger partial charge >= 0.3 is 0 Å². The van der Waals surface area contributed by atoms with E-state index in [1.807, 2.05) is 72.3 Å². The van der Waals surface area contributed by atoms with Gasteiger partial charge in [-0.3, -0.25) is 14.7 Å². The van der Waals surface area contributed by atoms with Crippen molar-refractivity contribution in [2.75, 3.05) is 5.32 Å². The molecule has 120 valence electrons. The number of nitrogens with zero attached hydrogens (tertiary/aromatic N) is 2. The van der Waals surface area contributed by atoms with E-state index in [2.05, 4.69) is 10.3 Å². The van der Waals surface area contributed by atoms with Crippen LogP contribution in [0.2, 0.25) is 0 Å². The van der Waals surface area contributed by atoms with E-state index in [4.69, 9.17) is 4.74 Å². The summed E-state index contributed by atoms with van der Waals surface area (Å²) >= 11 is 0. The van der Waals surface area contributed by atoms with E-state index < -0.39 is 6.10 Å². The molecule has 1 aliphatic heterocycles. The van der Waals surface area contributed by atoms with Crippen molar-refractivity contribution in [1.29, 1.82) is 0 Å². The molecule has 24 heavy (non-hydrogen) atoms. The summed E-state index contributed by atoms with van der Waals surface area (Å²) in [5.41, 5.74) is 2.00. The molecule has 4 rings (SSSR count). The lowest BCUT2D eigenvalue weighted by molar-refractivity contribution is -0.122. The van der Waals surface area contributed by atoms with Crippen LogP contribution in [-0.2, 0) is 4.79 Å². The Morgan fingerprint density at radius 3 is 2.67 bits per heavy atom. The van der Waals surface area contributed by atoms with Crippen LogP contribution in [-0.4, -0.2) is 21.6 Å². The Kier molecular flexibility index (Phi) is 3.54. The largest absolute Gasteiger partial charge is 0.480 e. The molecule has 3 aromatic rings. The molecule has 5 nitrogen and oxygen atoms in total. The lowest BCUT2D eigenvalue weighted by atomic mass is 9.97. The van der Waals surface area contributed by atoms with Crippen molar-refractivity contribution in [1.82, 2.24) is 9.55 Å². The van der Waals surface area contributed by atoms with Crippen LogP contribution in [0.4, 0.5) is 5.95 Å². The molecule has 0 radical (unpaired) electrons. The number of imidazole rings is 1. The van der Waals surface area contributed by atoms with Crippen LogP contribution in [0.1, 0.15) is 18.4 Å². The van der Waals surface area contributed by atoms with Gasteiger partial charge in [0, 0.05) is 29.6 Å². The van der Waals surface area contributed by atoms with Gasteiger partial charge in [0.1, 0.15) is 5.75 Å². The fourth-order valence-corrected chi connectivity index (χ4v) is 3.02. The van der Waals surface area contributed by atoms with Gasteiger partial charge in [0.15, 0.2) is 6.10 Å². The van der Waals surface area contributed by atoms with Crippen LogP contribution in [0.15, 0.2) is 67.0 Å². The zero-order valence-corrected chi connectivity index (χ0v) is 13.2. The summed E-state index contributed by atoms with van der Waals surface area (Å²) in [6.45, 7) is 2.00. The normalized spacial score (nSPS) is 18.7. The number of hydrogen-bond donors (Lipinski definition) is 1. The van der Waals surface area contributed by atoms with Crippen LogP contribution >= 0.6 is 0 Å². The molecule has 1 N–H and O–H groups in total. The minimum atomic E-state index is -0.552. The summed E-state index contributed by atoms with van der Waals surface area (Å²) in [4.78, 5) is 16.9. The summed E-state index contributed by atoms with van der Waals surface area (Å²) in [7, 11) is 0. The Morgan fingerprint density at radius 2 is 1.88 bits per heavy atom. The average Bonchev–Trinajstić information content (AvgIpc) is 3.21. The molecule has 2 aromatic carbocycles. The van der Waals surface area contributed by atoms with Gasteiger partial charge in [-0.25, -0.2) is 4.98 Å². The van der Waals surface area contributed by atoms with E-state index in [9.17, 15) is 4.79 Å². The minimum absolute atomic E-state index is 0.00124. The van der Waals surface area contributed by atoms with Gasteiger partial charge in [0.05, 0.1) is 0 Å². The van der Waals surface area contributed by atoms with Crippen molar-refractivity contribution < 1.29 is 9.53 Å². The third-order valence-corrected chi connectivity index (χ3v) is 4.29. The van der Waals surface area contributed by atoms with Crippen molar-refractivity contribution in [3.8, 4) is 11.4 Å². The number of para-hydroxylation sites is 2. The number of benzene rings is 2. The predicted molar refractivity (Wildman–Crippen MR) is 91.5 cm³/mol. The first-order valence-electron chi connectivity index (χ1n) is 7.89. The highest BCUT2D eigenvalue weighted by molar-refractivity contribution is 5.94. The second kappa shape index (κ2) is 5.85. The van der Waals surface area contributed by atoms with Gasteiger partial charge in [-0.05, 0) is 18.2 Å². The van der Waals surface area contributed by atoms with E-state index in [1.54, 1.807) is 6.20 Å².